The molecule has 4 nitrogen and oxygen atoms in total. The largest absolute Gasteiger partial charge is 0.435 e. The summed E-state index contributed by atoms with van der Waals surface area (Å²) >= 11 is 1.57. The van der Waals surface area contributed by atoms with Crippen molar-refractivity contribution in [2.45, 2.75) is 6.61 Å². The lowest BCUT2D eigenvalue weighted by molar-refractivity contribution is -0.0498. The van der Waals surface area contributed by atoms with Crippen molar-refractivity contribution >= 4 is 34.4 Å². The van der Waals surface area contributed by atoms with Gasteiger partial charge in [0.2, 0.25) is 0 Å². The van der Waals surface area contributed by atoms with Gasteiger partial charge in [0.1, 0.15) is 11.6 Å². The molecule has 4 aromatic rings. The lowest BCUT2D eigenvalue weighted by Gasteiger charge is -2.12. The smallest absolute Gasteiger partial charge is 0.387 e. The van der Waals surface area contributed by atoms with E-state index < -0.39 is 6.61 Å². The molecule has 0 fully saturated rings. The van der Waals surface area contributed by atoms with Gasteiger partial charge in [0.05, 0.1) is 16.6 Å². The van der Waals surface area contributed by atoms with Gasteiger partial charge >= 0.3 is 6.61 Å². The van der Waals surface area contributed by atoms with Crippen molar-refractivity contribution in [1.82, 2.24) is 9.55 Å². The molecule has 2 aromatic heterocycles. The Balaban J connectivity index is 1.86. The van der Waals surface area contributed by atoms with Gasteiger partial charge in [0, 0.05) is 0 Å². The number of hydrogen-bond acceptors (Lipinski definition) is 4. The van der Waals surface area contributed by atoms with Gasteiger partial charge in [0.15, 0.2) is 0 Å². The van der Waals surface area contributed by atoms with E-state index in [0.29, 0.717) is 22.4 Å². The van der Waals surface area contributed by atoms with Crippen molar-refractivity contribution < 1.29 is 13.5 Å². The average Bonchev–Trinajstić information content (AvgIpc) is 3.21. The second kappa shape index (κ2) is 7.74. The number of halogens is 2. The Morgan fingerprint density at radius 1 is 1.04 bits per heavy atom. The molecule has 7 heteroatoms. The molecule has 0 saturated carbocycles. The standard InChI is InChI=1S/C21H14F2N2O2S/c22-21(23)27-16-8-6-15(7-9-16)25-19(10-5-14-11-12-28-13-14)24-18-4-2-1-3-17(18)20(25)26/h1-13,21H. The molecule has 0 N–H and O–H groups in total. The number of aromatic nitrogens is 2. The summed E-state index contributed by atoms with van der Waals surface area (Å²) in [6.07, 6.45) is 3.64. The second-order valence-electron chi connectivity index (χ2n) is 5.89. The Hall–Kier alpha value is -3.32. The third-order valence-corrected chi connectivity index (χ3v) is 4.79. The molecule has 0 atom stereocenters. The van der Waals surface area contributed by atoms with Crippen LogP contribution in [0.2, 0.25) is 0 Å². The van der Waals surface area contributed by atoms with E-state index >= 15 is 0 Å². The van der Waals surface area contributed by atoms with Crippen LogP contribution in [-0.2, 0) is 0 Å². The fourth-order valence-corrected chi connectivity index (χ4v) is 3.46. The quantitative estimate of drug-likeness (QED) is 0.465. The number of fused-ring (bicyclic) bond motifs is 1. The van der Waals surface area contributed by atoms with Crippen LogP contribution in [0.15, 0.2) is 70.2 Å². The lowest BCUT2D eigenvalue weighted by atomic mass is 10.2. The zero-order chi connectivity index (χ0) is 19.5. The van der Waals surface area contributed by atoms with E-state index in [1.54, 1.807) is 47.7 Å². The molecule has 0 radical (unpaired) electrons. The maximum atomic E-state index is 13.1. The topological polar surface area (TPSA) is 44.1 Å². The number of nitrogens with zero attached hydrogens (tertiary/aromatic N) is 2. The summed E-state index contributed by atoms with van der Waals surface area (Å²) in [5.74, 6) is 0.466. The lowest BCUT2D eigenvalue weighted by Crippen LogP contribution is -2.22. The van der Waals surface area contributed by atoms with Crippen molar-refractivity contribution in [3.05, 3.63) is 87.1 Å². The third-order valence-electron chi connectivity index (χ3n) is 4.09. The summed E-state index contributed by atoms with van der Waals surface area (Å²) in [5.41, 5.74) is 1.86. The highest BCUT2D eigenvalue weighted by Gasteiger charge is 2.12. The first-order chi connectivity index (χ1) is 13.6. The summed E-state index contributed by atoms with van der Waals surface area (Å²) in [7, 11) is 0. The summed E-state index contributed by atoms with van der Waals surface area (Å²) in [5, 5.41) is 4.42. The monoisotopic (exact) mass is 396 g/mol. The van der Waals surface area contributed by atoms with Gasteiger partial charge in [-0.15, -0.1) is 0 Å². The fraction of sp³-hybridized carbons (Fsp3) is 0.0476. The van der Waals surface area contributed by atoms with Crippen LogP contribution in [0.25, 0.3) is 28.7 Å². The molecule has 0 aliphatic rings. The number of rotatable bonds is 5. The molecular formula is C21H14F2N2O2S. The SMILES string of the molecule is O=c1c2ccccc2nc(C=Cc2ccsc2)n1-c1ccc(OC(F)F)cc1. The van der Waals surface area contributed by atoms with E-state index in [0.717, 1.165) is 5.56 Å². The summed E-state index contributed by atoms with van der Waals surface area (Å²) in [4.78, 5) is 17.7. The molecule has 2 aromatic carbocycles. The van der Waals surface area contributed by atoms with Crippen LogP contribution in [-0.4, -0.2) is 16.2 Å². The Morgan fingerprint density at radius 2 is 1.82 bits per heavy atom. The minimum absolute atomic E-state index is 0.0240. The minimum atomic E-state index is -2.90. The van der Waals surface area contributed by atoms with Gasteiger partial charge in [0.25, 0.3) is 5.56 Å². The summed E-state index contributed by atoms with van der Waals surface area (Å²) in [6.45, 7) is -2.90. The first-order valence-corrected chi connectivity index (χ1v) is 9.33. The predicted octanol–water partition coefficient (Wildman–Crippen LogP) is 5.22. The van der Waals surface area contributed by atoms with Crippen molar-refractivity contribution in [2.75, 3.05) is 0 Å². The molecular weight excluding hydrogens is 382 g/mol. The number of ether oxygens (including phenoxy) is 1. The van der Waals surface area contributed by atoms with Crippen LogP contribution in [0.4, 0.5) is 8.78 Å². The molecule has 0 aliphatic carbocycles. The predicted molar refractivity (Wildman–Crippen MR) is 107 cm³/mol. The zero-order valence-corrected chi connectivity index (χ0v) is 15.3. The number of benzene rings is 2. The van der Waals surface area contributed by atoms with E-state index in [1.807, 2.05) is 29.0 Å². The van der Waals surface area contributed by atoms with Gasteiger partial charge in [-0.3, -0.25) is 9.36 Å². The van der Waals surface area contributed by atoms with E-state index in [-0.39, 0.29) is 11.3 Å². The molecule has 28 heavy (non-hydrogen) atoms. The molecule has 0 unspecified atom stereocenters. The van der Waals surface area contributed by atoms with Crippen LogP contribution < -0.4 is 10.3 Å². The first kappa shape index (κ1) is 18.1. The van der Waals surface area contributed by atoms with Gasteiger partial charge in [-0.2, -0.15) is 20.1 Å². The van der Waals surface area contributed by atoms with Gasteiger partial charge in [-0.05, 0) is 64.9 Å². The first-order valence-electron chi connectivity index (χ1n) is 8.39. The van der Waals surface area contributed by atoms with E-state index in [2.05, 4.69) is 9.72 Å². The third kappa shape index (κ3) is 3.70. The molecule has 4 rings (SSSR count). The van der Waals surface area contributed by atoms with Crippen molar-refractivity contribution in [2.24, 2.45) is 0 Å². The fourth-order valence-electron chi connectivity index (χ4n) is 2.83. The maximum absolute atomic E-state index is 13.1. The highest BCUT2D eigenvalue weighted by atomic mass is 32.1. The molecule has 0 bridgehead atoms. The van der Waals surface area contributed by atoms with Crippen molar-refractivity contribution in [3.8, 4) is 11.4 Å². The maximum Gasteiger partial charge on any atom is 0.387 e. The average molecular weight is 396 g/mol. The normalized spacial score (nSPS) is 11.5. The Kier molecular flexibility index (Phi) is 4.99. The van der Waals surface area contributed by atoms with Gasteiger partial charge < -0.3 is 4.74 Å². The number of para-hydroxylation sites is 1. The number of hydrogen-bond donors (Lipinski definition) is 0. The molecule has 0 saturated heterocycles. The molecule has 140 valence electrons. The van der Waals surface area contributed by atoms with Gasteiger partial charge in [-0.1, -0.05) is 18.2 Å². The number of thiophene rings is 1. The van der Waals surface area contributed by atoms with Crippen LogP contribution in [0, 0.1) is 0 Å². The van der Waals surface area contributed by atoms with Crippen LogP contribution in [0.1, 0.15) is 11.4 Å². The Morgan fingerprint density at radius 3 is 2.54 bits per heavy atom. The van der Waals surface area contributed by atoms with Crippen LogP contribution in [0.3, 0.4) is 0 Å². The molecule has 2 heterocycles. The molecule has 0 amide bonds. The highest BCUT2D eigenvalue weighted by molar-refractivity contribution is 7.08. The highest BCUT2D eigenvalue weighted by Crippen LogP contribution is 2.20. The van der Waals surface area contributed by atoms with Gasteiger partial charge in [-0.25, -0.2) is 4.98 Å². The van der Waals surface area contributed by atoms with E-state index in [4.69, 9.17) is 0 Å². The minimum Gasteiger partial charge on any atom is -0.435 e. The van der Waals surface area contributed by atoms with E-state index in [1.165, 1.54) is 16.7 Å². The van der Waals surface area contributed by atoms with Crippen molar-refractivity contribution in [3.63, 3.8) is 0 Å². The summed E-state index contributed by atoms with van der Waals surface area (Å²) in [6, 6.07) is 14.9. The second-order valence-corrected chi connectivity index (χ2v) is 6.67. The van der Waals surface area contributed by atoms with Crippen LogP contribution >= 0.6 is 11.3 Å². The Bertz CT molecular complexity index is 1180. The summed E-state index contributed by atoms with van der Waals surface area (Å²) < 4.78 is 30.6. The van der Waals surface area contributed by atoms with E-state index in [9.17, 15) is 13.6 Å². The molecule has 0 spiro atoms. The molecule has 0 aliphatic heterocycles. The van der Waals surface area contributed by atoms with Crippen LogP contribution in [0.5, 0.6) is 5.75 Å². The Labute approximate surface area is 163 Å². The van der Waals surface area contributed by atoms with Crippen molar-refractivity contribution in [1.29, 1.82) is 0 Å². The number of alkyl halides is 2. The zero-order valence-electron chi connectivity index (χ0n) is 14.5.